The standard InChI is InChI=1S/C34H43FN4O5S/c1-25-20-36(22-27-7-5-4-6-8-27)21-26(2)38(25)23-28-9-13-31(14-10-28)39(34(41)37-15-17-45(42,43)18-16-37)24-30-12-11-29(19-32(30)35)33(40)44-3/h4-14,19,25-26,42-43H,15-18,20-24H2,1-3H3/t25-,26+. The number of methoxy groups -OCH3 is 1. The zero-order chi connectivity index (χ0) is 32.1. The molecule has 0 aromatic heterocycles. The number of hydrogen-bond acceptors (Lipinski definition) is 7. The molecule has 0 aliphatic carbocycles. The number of nitrogens with zero attached hydrogens (tertiary/aromatic N) is 4. The predicted octanol–water partition coefficient (Wildman–Crippen LogP) is 5.90. The van der Waals surface area contributed by atoms with E-state index in [4.69, 9.17) is 4.74 Å². The highest BCUT2D eigenvalue weighted by atomic mass is 32.3. The van der Waals surface area contributed by atoms with E-state index in [2.05, 4.69) is 47.9 Å². The Balaban J connectivity index is 1.31. The first kappa shape index (κ1) is 32.9. The number of piperazine rings is 1. The number of esters is 1. The first-order valence-electron chi connectivity index (χ1n) is 15.3. The molecular weight excluding hydrogens is 595 g/mol. The molecule has 2 heterocycles. The van der Waals surface area contributed by atoms with E-state index in [1.807, 2.05) is 30.3 Å². The molecule has 0 spiro atoms. The zero-order valence-electron chi connectivity index (χ0n) is 26.1. The number of carbonyl (C=O) groups is 2. The Kier molecular flexibility index (Phi) is 10.5. The molecule has 2 amide bonds. The van der Waals surface area contributed by atoms with Gasteiger partial charge in [-0.1, -0.05) is 48.5 Å². The second-order valence-electron chi connectivity index (χ2n) is 12.1. The number of amides is 2. The molecule has 9 nitrogen and oxygen atoms in total. The van der Waals surface area contributed by atoms with Gasteiger partial charge in [0.1, 0.15) is 5.82 Å². The summed E-state index contributed by atoms with van der Waals surface area (Å²) in [6, 6.07) is 22.8. The number of hydrogen-bond donors (Lipinski definition) is 2. The van der Waals surface area contributed by atoms with Crippen molar-refractivity contribution < 1.29 is 27.8 Å². The smallest absolute Gasteiger partial charge is 0.337 e. The summed E-state index contributed by atoms with van der Waals surface area (Å²) in [6.07, 6.45) is 0. The van der Waals surface area contributed by atoms with E-state index < -0.39 is 22.4 Å². The Morgan fingerprint density at radius 3 is 2.13 bits per heavy atom. The fourth-order valence-electron chi connectivity index (χ4n) is 6.19. The maximum Gasteiger partial charge on any atom is 0.337 e. The van der Waals surface area contributed by atoms with Crippen molar-refractivity contribution in [3.8, 4) is 0 Å². The van der Waals surface area contributed by atoms with Gasteiger partial charge in [0, 0.05) is 62.6 Å². The molecule has 0 unspecified atom stereocenters. The minimum absolute atomic E-state index is 0.0599. The maximum atomic E-state index is 15.1. The largest absolute Gasteiger partial charge is 0.465 e. The first-order chi connectivity index (χ1) is 21.5. The topological polar surface area (TPSA) is 96.8 Å². The summed E-state index contributed by atoms with van der Waals surface area (Å²) < 4.78 is 40.0. The minimum atomic E-state index is -2.69. The van der Waals surface area contributed by atoms with Gasteiger partial charge >= 0.3 is 12.0 Å². The molecule has 2 fully saturated rings. The zero-order valence-corrected chi connectivity index (χ0v) is 27.0. The summed E-state index contributed by atoms with van der Waals surface area (Å²) in [5.74, 6) is -1.03. The van der Waals surface area contributed by atoms with E-state index in [1.165, 1.54) is 29.7 Å². The first-order valence-corrected chi connectivity index (χ1v) is 17.2. The molecule has 3 aromatic rings. The lowest BCUT2D eigenvalue weighted by Gasteiger charge is -2.44. The van der Waals surface area contributed by atoms with Crippen LogP contribution in [-0.2, 0) is 24.4 Å². The predicted molar refractivity (Wildman–Crippen MR) is 176 cm³/mol. The Morgan fingerprint density at radius 1 is 0.911 bits per heavy atom. The van der Waals surface area contributed by atoms with Crippen LogP contribution in [0.3, 0.4) is 0 Å². The van der Waals surface area contributed by atoms with Crippen LogP contribution < -0.4 is 4.90 Å². The van der Waals surface area contributed by atoms with Crippen LogP contribution in [-0.4, -0.2) is 92.7 Å². The monoisotopic (exact) mass is 638 g/mol. The fraction of sp³-hybridized carbons (Fsp3) is 0.412. The second kappa shape index (κ2) is 14.3. The molecule has 2 saturated heterocycles. The third kappa shape index (κ3) is 8.22. The Morgan fingerprint density at radius 2 is 1.53 bits per heavy atom. The van der Waals surface area contributed by atoms with Crippen LogP contribution in [0.4, 0.5) is 14.9 Å². The fourth-order valence-corrected chi connectivity index (χ4v) is 7.42. The van der Waals surface area contributed by atoms with Crippen LogP contribution in [0.25, 0.3) is 0 Å². The number of halogens is 1. The van der Waals surface area contributed by atoms with Crippen molar-refractivity contribution >= 4 is 28.3 Å². The van der Waals surface area contributed by atoms with Crippen molar-refractivity contribution in [1.29, 1.82) is 0 Å². The third-order valence-electron chi connectivity index (χ3n) is 8.72. The molecule has 0 saturated carbocycles. The van der Waals surface area contributed by atoms with Gasteiger partial charge in [-0.2, -0.15) is 10.6 Å². The van der Waals surface area contributed by atoms with Crippen LogP contribution in [0.1, 0.15) is 40.9 Å². The number of anilines is 1. The van der Waals surface area contributed by atoms with Gasteiger partial charge in [0.2, 0.25) is 0 Å². The van der Waals surface area contributed by atoms with E-state index in [0.29, 0.717) is 17.8 Å². The molecule has 11 heteroatoms. The van der Waals surface area contributed by atoms with Gasteiger partial charge in [-0.15, -0.1) is 0 Å². The van der Waals surface area contributed by atoms with Gasteiger partial charge < -0.3 is 9.64 Å². The van der Waals surface area contributed by atoms with Crippen molar-refractivity contribution in [3.05, 3.63) is 101 Å². The molecule has 242 valence electrons. The lowest BCUT2D eigenvalue weighted by atomic mass is 10.0. The second-order valence-corrected chi connectivity index (χ2v) is 14.5. The van der Waals surface area contributed by atoms with Gasteiger partial charge in [-0.3, -0.25) is 23.8 Å². The minimum Gasteiger partial charge on any atom is -0.465 e. The maximum absolute atomic E-state index is 15.1. The molecule has 2 aliphatic rings. The number of urea groups is 1. The Labute approximate surface area is 266 Å². The molecule has 0 bridgehead atoms. The average Bonchev–Trinajstić information content (AvgIpc) is 3.02. The lowest BCUT2D eigenvalue weighted by molar-refractivity contribution is 0.0290. The van der Waals surface area contributed by atoms with Crippen molar-refractivity contribution in [3.63, 3.8) is 0 Å². The van der Waals surface area contributed by atoms with Gasteiger partial charge in [-0.25, -0.2) is 14.0 Å². The Hall–Kier alpha value is -3.48. The van der Waals surface area contributed by atoms with Gasteiger partial charge in [-0.05, 0) is 49.2 Å². The third-order valence-corrected chi connectivity index (χ3v) is 10.4. The van der Waals surface area contributed by atoms with Crippen LogP contribution >= 0.6 is 10.6 Å². The average molecular weight is 639 g/mol. The summed E-state index contributed by atoms with van der Waals surface area (Å²) in [5.41, 5.74) is 3.37. The SMILES string of the molecule is COC(=O)c1ccc(CN(C(=O)N2CCS(O)(O)CC2)c2ccc(CN3[C@H](C)CN(Cc4ccccc4)C[C@@H]3C)cc2)c(F)c1. The number of carbonyl (C=O) groups excluding carboxylic acids is 2. The van der Waals surface area contributed by atoms with E-state index in [1.54, 1.807) is 4.90 Å². The van der Waals surface area contributed by atoms with Crippen molar-refractivity contribution in [2.75, 3.05) is 49.7 Å². The molecule has 2 aliphatic heterocycles. The van der Waals surface area contributed by atoms with Crippen LogP contribution in [0.2, 0.25) is 0 Å². The van der Waals surface area contributed by atoms with E-state index in [-0.39, 0.29) is 48.3 Å². The van der Waals surface area contributed by atoms with Crippen molar-refractivity contribution in [2.45, 2.75) is 45.6 Å². The normalized spacial score (nSPS) is 21.2. The summed E-state index contributed by atoms with van der Waals surface area (Å²) in [7, 11) is -1.46. The molecule has 5 rings (SSSR count). The summed E-state index contributed by atoms with van der Waals surface area (Å²) in [4.78, 5) is 33.8. The molecule has 0 radical (unpaired) electrons. The number of ether oxygens (including phenoxy) is 1. The quantitative estimate of drug-likeness (QED) is 0.297. The van der Waals surface area contributed by atoms with E-state index >= 15 is 4.39 Å². The highest BCUT2D eigenvalue weighted by Crippen LogP contribution is 2.40. The van der Waals surface area contributed by atoms with Crippen LogP contribution in [0.5, 0.6) is 0 Å². The highest BCUT2D eigenvalue weighted by molar-refractivity contribution is 8.24. The number of benzene rings is 3. The van der Waals surface area contributed by atoms with E-state index in [9.17, 15) is 18.7 Å². The van der Waals surface area contributed by atoms with Crippen molar-refractivity contribution in [1.82, 2.24) is 14.7 Å². The van der Waals surface area contributed by atoms with Gasteiger partial charge in [0.05, 0.1) is 30.7 Å². The van der Waals surface area contributed by atoms with Crippen LogP contribution in [0, 0.1) is 5.82 Å². The summed E-state index contributed by atoms with van der Waals surface area (Å²) in [6.45, 7) is 8.51. The lowest BCUT2D eigenvalue weighted by Crippen LogP contribution is -2.55. The van der Waals surface area contributed by atoms with E-state index in [0.717, 1.165) is 37.8 Å². The highest BCUT2D eigenvalue weighted by Gasteiger charge is 2.31. The van der Waals surface area contributed by atoms with Crippen molar-refractivity contribution in [2.24, 2.45) is 0 Å². The molecule has 2 atom stereocenters. The number of rotatable bonds is 8. The summed E-state index contributed by atoms with van der Waals surface area (Å²) in [5, 5.41) is 0. The summed E-state index contributed by atoms with van der Waals surface area (Å²) >= 11 is 0. The molecule has 3 aromatic carbocycles. The van der Waals surface area contributed by atoms with Gasteiger partial charge in [0.15, 0.2) is 0 Å². The van der Waals surface area contributed by atoms with Gasteiger partial charge in [0.25, 0.3) is 0 Å². The molecular formula is C34H43FN4O5S. The Bertz CT molecular complexity index is 1450. The molecule has 45 heavy (non-hydrogen) atoms. The molecule has 2 N–H and O–H groups in total. The van der Waals surface area contributed by atoms with Crippen LogP contribution in [0.15, 0.2) is 72.8 Å².